The first-order valence-electron chi connectivity index (χ1n) is 4.50. The van der Waals surface area contributed by atoms with E-state index < -0.39 is 33.8 Å². The summed E-state index contributed by atoms with van der Waals surface area (Å²) in [6.45, 7) is -0.104. The van der Waals surface area contributed by atoms with Crippen molar-refractivity contribution in [3.05, 3.63) is 12.2 Å². The normalized spacial score (nSPS) is 15.4. The lowest BCUT2D eigenvalue weighted by Crippen LogP contribution is -2.32. The number of carboxylic acid groups (broad SMARTS) is 1. The minimum atomic E-state index is -4.18. The molecule has 0 aromatic heterocycles. The highest BCUT2D eigenvalue weighted by molar-refractivity contribution is 7.87. The van der Waals surface area contributed by atoms with Gasteiger partial charge < -0.3 is 9.29 Å². The van der Waals surface area contributed by atoms with Crippen LogP contribution in [0.2, 0.25) is 0 Å². The molecule has 0 bridgehead atoms. The second-order valence-electron chi connectivity index (χ2n) is 3.13. The van der Waals surface area contributed by atoms with Crippen LogP contribution < -0.4 is 0 Å². The first-order valence-corrected chi connectivity index (χ1v) is 6.08. The second-order valence-corrected chi connectivity index (χ2v) is 4.82. The van der Waals surface area contributed by atoms with Crippen LogP contribution in [0.25, 0.3) is 0 Å². The number of hydrogen-bond acceptors (Lipinski definition) is 6. The molecule has 0 saturated carbocycles. The third-order valence-electron chi connectivity index (χ3n) is 1.87. The van der Waals surface area contributed by atoms with Gasteiger partial charge >= 0.3 is 16.3 Å². The predicted octanol–water partition coefficient (Wildman–Crippen LogP) is -0.674. The Bertz CT molecular complexity index is 460. The van der Waals surface area contributed by atoms with Gasteiger partial charge in [0.15, 0.2) is 0 Å². The van der Waals surface area contributed by atoms with E-state index in [9.17, 15) is 22.8 Å². The average molecular weight is 263 g/mol. The van der Waals surface area contributed by atoms with E-state index in [4.69, 9.17) is 5.11 Å². The maximum atomic E-state index is 11.1. The van der Waals surface area contributed by atoms with Gasteiger partial charge in [0, 0.05) is 18.7 Å². The van der Waals surface area contributed by atoms with Crippen molar-refractivity contribution in [3.8, 4) is 0 Å². The van der Waals surface area contributed by atoms with E-state index in [1.165, 1.54) is 0 Å². The lowest BCUT2D eigenvalue weighted by molar-refractivity contribution is -0.136. The molecule has 9 heteroatoms. The first-order chi connectivity index (χ1) is 7.82. The zero-order chi connectivity index (χ0) is 13.1. The van der Waals surface area contributed by atoms with E-state index in [-0.39, 0.29) is 13.0 Å². The van der Waals surface area contributed by atoms with Gasteiger partial charge in [-0.15, -0.1) is 0 Å². The fourth-order valence-electron chi connectivity index (χ4n) is 1.20. The third-order valence-corrected chi connectivity index (χ3v) is 3.06. The molecule has 1 rings (SSSR count). The van der Waals surface area contributed by atoms with Crippen LogP contribution in [0.1, 0.15) is 6.42 Å². The number of carbonyl (C=O) groups is 3. The van der Waals surface area contributed by atoms with E-state index in [1.807, 2.05) is 0 Å². The van der Waals surface area contributed by atoms with Crippen LogP contribution >= 0.6 is 0 Å². The molecule has 0 aromatic rings. The molecule has 0 aromatic carbocycles. The van der Waals surface area contributed by atoms with Crippen molar-refractivity contribution < 1.29 is 32.1 Å². The van der Waals surface area contributed by atoms with Gasteiger partial charge in [-0.05, 0) is 6.42 Å². The lowest BCUT2D eigenvalue weighted by Gasteiger charge is -2.12. The Hall–Kier alpha value is -1.90. The summed E-state index contributed by atoms with van der Waals surface area (Å²) < 4.78 is 25.6. The number of carbonyl (C=O) groups excluding carboxylic acids is 2. The zero-order valence-corrected chi connectivity index (χ0v) is 9.34. The van der Waals surface area contributed by atoms with Gasteiger partial charge in [-0.25, -0.2) is 4.79 Å². The van der Waals surface area contributed by atoms with Gasteiger partial charge in [-0.1, -0.05) is 0 Å². The fraction of sp³-hybridized carbons (Fsp3) is 0.375. The fourth-order valence-corrected chi connectivity index (χ4v) is 1.98. The molecule has 1 N–H and O–H groups in total. The monoisotopic (exact) mass is 263 g/mol. The van der Waals surface area contributed by atoms with Crippen LogP contribution in [0, 0.1) is 0 Å². The second kappa shape index (κ2) is 4.95. The summed E-state index contributed by atoms with van der Waals surface area (Å²) in [6, 6.07) is 0. The molecule has 8 nitrogen and oxygen atoms in total. The predicted molar refractivity (Wildman–Crippen MR) is 53.4 cm³/mol. The number of amides is 2. The quantitative estimate of drug-likeness (QED) is 0.516. The summed E-state index contributed by atoms with van der Waals surface area (Å²) in [5.41, 5.74) is 0. The van der Waals surface area contributed by atoms with Crippen molar-refractivity contribution in [2.75, 3.05) is 12.3 Å². The molecule has 0 aliphatic carbocycles. The summed E-state index contributed by atoms with van der Waals surface area (Å²) in [6.07, 6.45) is 0.143. The minimum absolute atomic E-state index is 0.0885. The maximum absolute atomic E-state index is 11.1. The van der Waals surface area contributed by atoms with E-state index in [0.717, 1.165) is 17.1 Å². The van der Waals surface area contributed by atoms with E-state index in [0.29, 0.717) is 0 Å². The van der Waals surface area contributed by atoms with Crippen LogP contribution in [0.4, 0.5) is 4.79 Å². The molecule has 1 aliphatic heterocycles. The van der Waals surface area contributed by atoms with E-state index in [2.05, 4.69) is 4.18 Å². The number of rotatable bonds is 5. The SMILES string of the molecule is O=C(O)OS(=O)(=O)CCCN1C(=O)C=CC1=O. The molecule has 2 amide bonds. The topological polar surface area (TPSA) is 118 Å². The van der Waals surface area contributed by atoms with E-state index in [1.54, 1.807) is 0 Å². The van der Waals surface area contributed by atoms with Crippen molar-refractivity contribution in [2.45, 2.75) is 6.42 Å². The van der Waals surface area contributed by atoms with Crippen LogP contribution in [0.3, 0.4) is 0 Å². The number of imide groups is 1. The first kappa shape index (κ1) is 13.2. The molecule has 17 heavy (non-hydrogen) atoms. The molecule has 0 unspecified atom stereocenters. The summed E-state index contributed by atoms with van der Waals surface area (Å²) in [4.78, 5) is 33.0. The zero-order valence-electron chi connectivity index (χ0n) is 8.53. The highest BCUT2D eigenvalue weighted by Gasteiger charge is 2.24. The van der Waals surface area contributed by atoms with Crippen molar-refractivity contribution >= 4 is 28.1 Å². The molecule has 94 valence electrons. The minimum Gasteiger partial charge on any atom is -0.449 e. The molecular weight excluding hydrogens is 254 g/mol. The Morgan fingerprint density at radius 3 is 2.29 bits per heavy atom. The Morgan fingerprint density at radius 2 is 1.82 bits per heavy atom. The Balaban J connectivity index is 2.41. The van der Waals surface area contributed by atoms with Gasteiger partial charge in [0.2, 0.25) is 0 Å². The number of nitrogens with zero attached hydrogens (tertiary/aromatic N) is 1. The van der Waals surface area contributed by atoms with Crippen molar-refractivity contribution in [2.24, 2.45) is 0 Å². The third kappa shape index (κ3) is 3.87. The van der Waals surface area contributed by atoms with Crippen molar-refractivity contribution in [3.63, 3.8) is 0 Å². The summed E-state index contributed by atoms with van der Waals surface area (Å²) in [5.74, 6) is -1.63. The van der Waals surface area contributed by atoms with Crippen LogP contribution in [0.15, 0.2) is 12.2 Å². The van der Waals surface area contributed by atoms with Gasteiger partial charge in [0.05, 0.1) is 5.75 Å². The highest BCUT2D eigenvalue weighted by Crippen LogP contribution is 2.05. The van der Waals surface area contributed by atoms with Crippen LogP contribution in [-0.4, -0.2) is 48.7 Å². The molecule has 0 atom stereocenters. The van der Waals surface area contributed by atoms with Gasteiger partial charge in [-0.2, -0.15) is 8.42 Å². The molecule has 0 saturated heterocycles. The average Bonchev–Trinajstić information content (AvgIpc) is 2.46. The molecule has 1 aliphatic rings. The summed E-state index contributed by atoms with van der Waals surface area (Å²) in [5, 5.41) is 8.11. The van der Waals surface area contributed by atoms with Gasteiger partial charge in [0.25, 0.3) is 11.8 Å². The maximum Gasteiger partial charge on any atom is 0.521 e. The molecule has 0 radical (unpaired) electrons. The van der Waals surface area contributed by atoms with Crippen molar-refractivity contribution in [1.82, 2.24) is 4.90 Å². The van der Waals surface area contributed by atoms with Crippen LogP contribution in [0.5, 0.6) is 0 Å². The van der Waals surface area contributed by atoms with Crippen LogP contribution in [-0.2, 0) is 23.9 Å². The number of hydrogen-bond donors (Lipinski definition) is 1. The largest absolute Gasteiger partial charge is 0.521 e. The standard InChI is InChI=1S/C8H9NO7S/c10-6-2-3-7(11)9(6)4-1-5-17(14,15)16-8(12)13/h2-3H,1,4-5H2,(H,12,13). The highest BCUT2D eigenvalue weighted by atomic mass is 32.2. The Kier molecular flexibility index (Phi) is 3.84. The summed E-state index contributed by atoms with van der Waals surface area (Å²) in [7, 11) is -4.18. The van der Waals surface area contributed by atoms with Gasteiger partial charge in [0.1, 0.15) is 0 Å². The molecule has 1 heterocycles. The molecular formula is C8H9NO7S. The lowest BCUT2D eigenvalue weighted by atomic mass is 10.4. The molecule has 0 fully saturated rings. The smallest absolute Gasteiger partial charge is 0.449 e. The Morgan fingerprint density at radius 1 is 1.29 bits per heavy atom. The van der Waals surface area contributed by atoms with E-state index >= 15 is 0 Å². The van der Waals surface area contributed by atoms with Crippen molar-refractivity contribution in [1.29, 1.82) is 0 Å². The van der Waals surface area contributed by atoms with Gasteiger partial charge in [-0.3, -0.25) is 14.5 Å². The summed E-state index contributed by atoms with van der Waals surface area (Å²) >= 11 is 0. The Labute approximate surface area is 96.6 Å². The molecule has 0 spiro atoms.